The summed E-state index contributed by atoms with van der Waals surface area (Å²) in [5.41, 5.74) is 0. The molecule has 1 saturated carbocycles. The number of hydrogen-bond acceptors (Lipinski definition) is 1. The van der Waals surface area contributed by atoms with Crippen LogP contribution in [0.3, 0.4) is 0 Å². The van der Waals surface area contributed by atoms with Crippen LogP contribution in [0.4, 0.5) is 0 Å². The Bertz CT molecular complexity index is 190. The van der Waals surface area contributed by atoms with Gasteiger partial charge in [0, 0.05) is 0 Å². The smallest absolute Gasteiger partial charge is 0.0596 e. The number of unbranched alkanes of at least 4 members (excludes halogenated alkanes) is 6. The van der Waals surface area contributed by atoms with E-state index in [1.54, 1.807) is 0 Å². The molecule has 0 aliphatic heterocycles. The molecule has 1 aliphatic carbocycles. The van der Waals surface area contributed by atoms with E-state index in [4.69, 9.17) is 0 Å². The molecule has 0 aromatic carbocycles. The summed E-state index contributed by atoms with van der Waals surface area (Å²) in [7, 11) is 0. The molecule has 0 heterocycles. The van der Waals surface area contributed by atoms with Crippen molar-refractivity contribution in [2.75, 3.05) is 0 Å². The van der Waals surface area contributed by atoms with Gasteiger partial charge in [0.25, 0.3) is 0 Å². The summed E-state index contributed by atoms with van der Waals surface area (Å²) in [5.74, 6) is 1.25. The highest BCUT2D eigenvalue weighted by atomic mass is 16.3. The molecule has 0 aromatic heterocycles. The van der Waals surface area contributed by atoms with Gasteiger partial charge in [0.1, 0.15) is 0 Å². The Kier molecular flexibility index (Phi) is 8.75. The summed E-state index contributed by atoms with van der Waals surface area (Å²) in [6, 6.07) is 0. The van der Waals surface area contributed by atoms with Gasteiger partial charge >= 0.3 is 0 Å². The zero-order chi connectivity index (χ0) is 13.2. The van der Waals surface area contributed by atoms with E-state index >= 15 is 0 Å². The van der Waals surface area contributed by atoms with E-state index in [0.29, 0.717) is 11.8 Å². The van der Waals surface area contributed by atoms with Gasteiger partial charge in [-0.1, -0.05) is 65.2 Å². The molecular formula is C17H34O. The average Bonchev–Trinajstić information content (AvgIpc) is 2.71. The maximum Gasteiger partial charge on any atom is 0.0596 e. The number of hydrogen-bond donors (Lipinski definition) is 1. The minimum atomic E-state index is 0.0213. The van der Waals surface area contributed by atoms with Crippen LogP contribution in [-0.4, -0.2) is 11.2 Å². The van der Waals surface area contributed by atoms with Crippen LogP contribution in [0.1, 0.15) is 90.9 Å². The second-order valence-corrected chi connectivity index (χ2v) is 6.29. The largest absolute Gasteiger partial charge is 0.393 e. The van der Waals surface area contributed by atoms with Crippen molar-refractivity contribution in [1.29, 1.82) is 0 Å². The van der Waals surface area contributed by atoms with E-state index in [2.05, 4.69) is 13.8 Å². The topological polar surface area (TPSA) is 20.2 Å². The van der Waals surface area contributed by atoms with E-state index in [9.17, 15) is 5.11 Å². The zero-order valence-corrected chi connectivity index (χ0v) is 12.7. The van der Waals surface area contributed by atoms with Crippen LogP contribution in [0.25, 0.3) is 0 Å². The Morgan fingerprint density at radius 2 is 1.17 bits per heavy atom. The van der Waals surface area contributed by atoms with Crippen molar-refractivity contribution in [2.24, 2.45) is 11.8 Å². The lowest BCUT2D eigenvalue weighted by atomic mass is 9.92. The summed E-state index contributed by atoms with van der Waals surface area (Å²) in [6.07, 6.45) is 15.9. The van der Waals surface area contributed by atoms with Crippen molar-refractivity contribution >= 4 is 0 Å². The van der Waals surface area contributed by atoms with Crippen LogP contribution in [-0.2, 0) is 0 Å². The van der Waals surface area contributed by atoms with Crippen LogP contribution in [0, 0.1) is 11.8 Å². The van der Waals surface area contributed by atoms with Crippen molar-refractivity contribution in [1.82, 2.24) is 0 Å². The Morgan fingerprint density at radius 3 is 1.72 bits per heavy atom. The predicted octanol–water partition coefficient (Wildman–Crippen LogP) is 5.31. The Morgan fingerprint density at radius 1 is 0.722 bits per heavy atom. The van der Waals surface area contributed by atoms with Crippen LogP contribution in [0.2, 0.25) is 0 Å². The number of aliphatic hydroxyl groups excluding tert-OH is 1. The fourth-order valence-corrected chi connectivity index (χ4v) is 3.45. The van der Waals surface area contributed by atoms with Crippen molar-refractivity contribution in [3.05, 3.63) is 0 Å². The lowest BCUT2D eigenvalue weighted by molar-refractivity contribution is 0.0815. The van der Waals surface area contributed by atoms with Gasteiger partial charge in [-0.2, -0.15) is 0 Å². The first kappa shape index (κ1) is 16.0. The maximum absolute atomic E-state index is 10.4. The lowest BCUT2D eigenvalue weighted by Gasteiger charge is -2.19. The quantitative estimate of drug-likeness (QED) is 0.523. The van der Waals surface area contributed by atoms with Gasteiger partial charge in [0.05, 0.1) is 6.10 Å². The first-order chi connectivity index (χ1) is 8.79. The van der Waals surface area contributed by atoms with Crippen molar-refractivity contribution in [3.63, 3.8) is 0 Å². The van der Waals surface area contributed by atoms with Gasteiger partial charge in [0.2, 0.25) is 0 Å². The van der Waals surface area contributed by atoms with Crippen LogP contribution < -0.4 is 0 Å². The van der Waals surface area contributed by atoms with E-state index in [1.807, 2.05) is 0 Å². The van der Waals surface area contributed by atoms with Gasteiger partial charge in [-0.3, -0.25) is 0 Å². The highest BCUT2D eigenvalue weighted by Crippen LogP contribution is 2.37. The van der Waals surface area contributed by atoms with Gasteiger partial charge in [-0.25, -0.2) is 0 Å². The average molecular weight is 254 g/mol. The molecule has 0 bridgehead atoms. The SMILES string of the molecule is CCCCCCCC1CCC(CCCCC)C1O. The molecule has 3 atom stereocenters. The molecule has 0 aromatic rings. The molecule has 18 heavy (non-hydrogen) atoms. The molecule has 1 heteroatoms. The van der Waals surface area contributed by atoms with Crippen LogP contribution in [0.5, 0.6) is 0 Å². The molecule has 0 radical (unpaired) electrons. The highest BCUT2D eigenvalue weighted by molar-refractivity contribution is 4.84. The predicted molar refractivity (Wildman–Crippen MR) is 79.7 cm³/mol. The third kappa shape index (κ3) is 5.73. The monoisotopic (exact) mass is 254 g/mol. The normalized spacial score (nSPS) is 27.8. The summed E-state index contributed by atoms with van der Waals surface area (Å²) in [4.78, 5) is 0. The molecule has 108 valence electrons. The highest BCUT2D eigenvalue weighted by Gasteiger charge is 2.33. The van der Waals surface area contributed by atoms with Crippen molar-refractivity contribution < 1.29 is 5.11 Å². The Hall–Kier alpha value is -0.0400. The van der Waals surface area contributed by atoms with Gasteiger partial charge < -0.3 is 5.11 Å². The van der Waals surface area contributed by atoms with Gasteiger partial charge in [-0.05, 0) is 37.5 Å². The molecule has 1 fully saturated rings. The molecule has 0 spiro atoms. The molecule has 3 unspecified atom stereocenters. The molecule has 1 aliphatic rings. The van der Waals surface area contributed by atoms with Gasteiger partial charge in [0.15, 0.2) is 0 Å². The summed E-state index contributed by atoms with van der Waals surface area (Å²) in [6.45, 7) is 4.52. The molecule has 1 nitrogen and oxygen atoms in total. The molecule has 1 rings (SSSR count). The third-order valence-electron chi connectivity index (χ3n) is 4.73. The second kappa shape index (κ2) is 9.83. The van der Waals surface area contributed by atoms with Gasteiger partial charge in [-0.15, -0.1) is 0 Å². The first-order valence-corrected chi connectivity index (χ1v) is 8.47. The minimum Gasteiger partial charge on any atom is -0.393 e. The minimum absolute atomic E-state index is 0.0213. The van der Waals surface area contributed by atoms with Crippen molar-refractivity contribution in [3.8, 4) is 0 Å². The molecule has 0 saturated heterocycles. The summed E-state index contributed by atoms with van der Waals surface area (Å²) < 4.78 is 0. The van der Waals surface area contributed by atoms with E-state index in [1.165, 1.54) is 77.0 Å². The molecular weight excluding hydrogens is 220 g/mol. The maximum atomic E-state index is 10.4. The first-order valence-electron chi connectivity index (χ1n) is 8.47. The lowest BCUT2D eigenvalue weighted by Crippen LogP contribution is -2.21. The van der Waals surface area contributed by atoms with E-state index in [0.717, 1.165) is 0 Å². The molecule has 1 N–H and O–H groups in total. The fourth-order valence-electron chi connectivity index (χ4n) is 3.45. The summed E-state index contributed by atoms with van der Waals surface area (Å²) in [5, 5.41) is 10.4. The zero-order valence-electron chi connectivity index (χ0n) is 12.7. The standard InChI is InChI=1S/C17H34O/c1-3-5-7-8-10-12-16-14-13-15(17(16)18)11-9-6-4-2/h15-18H,3-14H2,1-2H3. The summed E-state index contributed by atoms with van der Waals surface area (Å²) >= 11 is 0. The molecule has 0 amide bonds. The third-order valence-corrected chi connectivity index (χ3v) is 4.73. The fraction of sp³-hybridized carbons (Fsp3) is 1.00. The second-order valence-electron chi connectivity index (χ2n) is 6.29. The number of aliphatic hydroxyl groups is 1. The van der Waals surface area contributed by atoms with Crippen LogP contribution >= 0.6 is 0 Å². The Balaban J connectivity index is 2.09. The van der Waals surface area contributed by atoms with E-state index in [-0.39, 0.29) is 6.10 Å². The van der Waals surface area contributed by atoms with Crippen molar-refractivity contribution in [2.45, 2.75) is 97.0 Å². The van der Waals surface area contributed by atoms with Crippen LogP contribution in [0.15, 0.2) is 0 Å². The number of rotatable bonds is 10. The Labute approximate surface area is 114 Å². The van der Waals surface area contributed by atoms with E-state index < -0.39 is 0 Å².